The molecule has 2 atom stereocenters. The van der Waals surface area contributed by atoms with Crippen molar-refractivity contribution in [3.05, 3.63) is 29.3 Å². The number of benzene rings is 1. The SMILES string of the molecule is Cc1ccc(CNC(=O)N2CC[C@@H]([C@H](C)O)C2)c(N(C)C)c1. The number of amides is 2. The van der Waals surface area contributed by atoms with Gasteiger partial charge in [0.25, 0.3) is 0 Å². The molecule has 122 valence electrons. The summed E-state index contributed by atoms with van der Waals surface area (Å²) in [6.07, 6.45) is 0.522. The normalized spacial score (nSPS) is 19.1. The van der Waals surface area contributed by atoms with Crippen LogP contribution in [0.2, 0.25) is 0 Å². The number of likely N-dealkylation sites (tertiary alicyclic amines) is 1. The highest BCUT2D eigenvalue weighted by molar-refractivity contribution is 5.74. The molecule has 0 bridgehead atoms. The number of nitrogens with zero attached hydrogens (tertiary/aromatic N) is 2. The summed E-state index contributed by atoms with van der Waals surface area (Å²) < 4.78 is 0. The van der Waals surface area contributed by atoms with E-state index in [0.29, 0.717) is 13.1 Å². The average Bonchev–Trinajstić information content (AvgIpc) is 2.95. The van der Waals surface area contributed by atoms with Crippen molar-refractivity contribution >= 4 is 11.7 Å². The number of carbonyl (C=O) groups is 1. The van der Waals surface area contributed by atoms with Gasteiger partial charge >= 0.3 is 6.03 Å². The Hall–Kier alpha value is -1.75. The molecule has 1 aromatic carbocycles. The fraction of sp³-hybridized carbons (Fsp3) is 0.588. The van der Waals surface area contributed by atoms with Crippen LogP contribution in [0.3, 0.4) is 0 Å². The lowest BCUT2D eigenvalue weighted by Gasteiger charge is -2.21. The van der Waals surface area contributed by atoms with Gasteiger partial charge in [0, 0.05) is 45.3 Å². The topological polar surface area (TPSA) is 55.8 Å². The summed E-state index contributed by atoms with van der Waals surface area (Å²) in [5, 5.41) is 12.6. The molecule has 1 aliphatic rings. The van der Waals surface area contributed by atoms with E-state index in [1.54, 1.807) is 11.8 Å². The molecule has 5 heteroatoms. The first-order chi connectivity index (χ1) is 10.4. The molecule has 0 unspecified atom stereocenters. The molecule has 2 amide bonds. The maximum absolute atomic E-state index is 12.3. The van der Waals surface area contributed by atoms with Crippen molar-refractivity contribution in [1.29, 1.82) is 0 Å². The second kappa shape index (κ2) is 7.01. The van der Waals surface area contributed by atoms with Crippen LogP contribution in [-0.4, -0.2) is 49.3 Å². The molecule has 1 heterocycles. The maximum atomic E-state index is 12.3. The second-order valence-electron chi connectivity index (χ2n) is 6.42. The maximum Gasteiger partial charge on any atom is 0.317 e. The van der Waals surface area contributed by atoms with Crippen LogP contribution in [-0.2, 0) is 6.54 Å². The summed E-state index contributed by atoms with van der Waals surface area (Å²) in [6, 6.07) is 6.20. The van der Waals surface area contributed by atoms with Crippen LogP contribution in [0.15, 0.2) is 18.2 Å². The summed E-state index contributed by atoms with van der Waals surface area (Å²) >= 11 is 0. The standard InChI is InChI=1S/C17H27N3O2/c1-12-5-6-14(16(9-12)19(3)4)10-18-17(22)20-8-7-15(11-20)13(2)21/h5-6,9,13,15,21H,7-8,10-11H2,1-4H3,(H,18,22)/t13-,15+/m0/s1. The van der Waals surface area contributed by atoms with Gasteiger partial charge in [0.15, 0.2) is 0 Å². The second-order valence-corrected chi connectivity index (χ2v) is 6.42. The van der Waals surface area contributed by atoms with E-state index in [-0.39, 0.29) is 18.1 Å². The van der Waals surface area contributed by atoms with Gasteiger partial charge < -0.3 is 20.2 Å². The van der Waals surface area contributed by atoms with E-state index >= 15 is 0 Å². The van der Waals surface area contributed by atoms with Gasteiger partial charge in [-0.2, -0.15) is 0 Å². The van der Waals surface area contributed by atoms with Gasteiger partial charge in [-0.3, -0.25) is 0 Å². The van der Waals surface area contributed by atoms with Crippen LogP contribution < -0.4 is 10.2 Å². The Kier molecular flexibility index (Phi) is 5.29. The van der Waals surface area contributed by atoms with Crippen molar-refractivity contribution in [3.8, 4) is 0 Å². The number of aliphatic hydroxyl groups is 1. The van der Waals surface area contributed by atoms with Crippen molar-refractivity contribution in [2.24, 2.45) is 5.92 Å². The van der Waals surface area contributed by atoms with Crippen molar-refractivity contribution in [1.82, 2.24) is 10.2 Å². The fourth-order valence-electron chi connectivity index (χ4n) is 2.89. The highest BCUT2D eigenvalue weighted by Crippen LogP contribution is 2.21. The number of rotatable bonds is 4. The minimum Gasteiger partial charge on any atom is -0.393 e. The van der Waals surface area contributed by atoms with Crippen LogP contribution in [0.5, 0.6) is 0 Å². The first kappa shape index (κ1) is 16.6. The Bertz CT molecular complexity index is 529. The molecule has 0 aliphatic carbocycles. The summed E-state index contributed by atoms with van der Waals surface area (Å²) in [4.78, 5) is 16.1. The molecule has 0 saturated carbocycles. The number of nitrogens with one attached hydrogen (secondary N) is 1. The van der Waals surface area contributed by atoms with Crippen molar-refractivity contribution in [2.45, 2.75) is 32.9 Å². The van der Waals surface area contributed by atoms with Crippen molar-refractivity contribution in [2.75, 3.05) is 32.1 Å². The molecule has 1 fully saturated rings. The van der Waals surface area contributed by atoms with E-state index in [9.17, 15) is 9.90 Å². The molecular formula is C17H27N3O2. The van der Waals surface area contributed by atoms with Crippen LogP contribution >= 0.6 is 0 Å². The number of aliphatic hydroxyl groups excluding tert-OH is 1. The van der Waals surface area contributed by atoms with E-state index < -0.39 is 0 Å². The Morgan fingerprint density at radius 2 is 2.23 bits per heavy atom. The lowest BCUT2D eigenvalue weighted by atomic mass is 10.0. The largest absolute Gasteiger partial charge is 0.393 e. The van der Waals surface area contributed by atoms with E-state index in [1.807, 2.05) is 14.1 Å². The zero-order valence-electron chi connectivity index (χ0n) is 14.0. The van der Waals surface area contributed by atoms with Crippen molar-refractivity contribution < 1.29 is 9.90 Å². The summed E-state index contributed by atoms with van der Waals surface area (Å²) in [7, 11) is 4.02. The first-order valence-electron chi connectivity index (χ1n) is 7.86. The highest BCUT2D eigenvalue weighted by atomic mass is 16.3. The lowest BCUT2D eigenvalue weighted by Crippen LogP contribution is -2.38. The molecular weight excluding hydrogens is 278 g/mol. The number of aryl methyl sites for hydroxylation is 1. The molecule has 2 N–H and O–H groups in total. The van der Waals surface area contributed by atoms with Gasteiger partial charge in [0.1, 0.15) is 0 Å². The van der Waals surface area contributed by atoms with Crippen LogP contribution in [0.4, 0.5) is 10.5 Å². The molecule has 1 saturated heterocycles. The van der Waals surface area contributed by atoms with E-state index in [1.165, 1.54) is 5.56 Å². The third-order valence-electron chi connectivity index (χ3n) is 4.35. The fourth-order valence-corrected chi connectivity index (χ4v) is 2.89. The van der Waals surface area contributed by atoms with Crippen LogP contribution in [0, 0.1) is 12.8 Å². The van der Waals surface area contributed by atoms with E-state index in [0.717, 1.165) is 24.2 Å². The molecule has 0 radical (unpaired) electrons. The zero-order valence-corrected chi connectivity index (χ0v) is 14.0. The average molecular weight is 305 g/mol. The number of carbonyl (C=O) groups excluding carboxylic acids is 1. The minimum absolute atomic E-state index is 0.0477. The Morgan fingerprint density at radius 3 is 2.82 bits per heavy atom. The quantitative estimate of drug-likeness (QED) is 0.894. The molecule has 0 aromatic heterocycles. The predicted octanol–water partition coefficient (Wildman–Crippen LogP) is 1.97. The highest BCUT2D eigenvalue weighted by Gasteiger charge is 2.28. The molecule has 2 rings (SSSR count). The zero-order chi connectivity index (χ0) is 16.3. The molecule has 5 nitrogen and oxygen atoms in total. The van der Waals surface area contributed by atoms with Gasteiger partial charge in [0.05, 0.1) is 6.10 Å². The molecule has 0 spiro atoms. The predicted molar refractivity (Wildman–Crippen MR) is 89.1 cm³/mol. The van der Waals surface area contributed by atoms with Gasteiger partial charge in [-0.05, 0) is 37.5 Å². The molecule has 22 heavy (non-hydrogen) atoms. The van der Waals surface area contributed by atoms with E-state index in [4.69, 9.17) is 0 Å². The number of hydrogen-bond acceptors (Lipinski definition) is 3. The molecule has 1 aliphatic heterocycles. The van der Waals surface area contributed by atoms with Crippen molar-refractivity contribution in [3.63, 3.8) is 0 Å². The summed E-state index contributed by atoms with van der Waals surface area (Å²) in [5.41, 5.74) is 3.44. The monoisotopic (exact) mass is 305 g/mol. The Balaban J connectivity index is 1.95. The van der Waals surface area contributed by atoms with Gasteiger partial charge in [-0.25, -0.2) is 4.79 Å². The third kappa shape index (κ3) is 3.91. The Morgan fingerprint density at radius 1 is 1.50 bits per heavy atom. The number of hydrogen-bond donors (Lipinski definition) is 2. The van der Waals surface area contributed by atoms with Crippen LogP contribution in [0.1, 0.15) is 24.5 Å². The van der Waals surface area contributed by atoms with Gasteiger partial charge in [-0.15, -0.1) is 0 Å². The van der Waals surface area contributed by atoms with Crippen LogP contribution in [0.25, 0.3) is 0 Å². The Labute approximate surface area is 132 Å². The van der Waals surface area contributed by atoms with Gasteiger partial charge in [-0.1, -0.05) is 12.1 Å². The minimum atomic E-state index is -0.352. The number of anilines is 1. The smallest absolute Gasteiger partial charge is 0.317 e. The number of urea groups is 1. The third-order valence-corrected chi connectivity index (χ3v) is 4.35. The summed E-state index contributed by atoms with van der Waals surface area (Å²) in [6.45, 7) is 5.73. The van der Waals surface area contributed by atoms with Gasteiger partial charge in [0.2, 0.25) is 0 Å². The lowest BCUT2D eigenvalue weighted by molar-refractivity contribution is 0.129. The molecule has 1 aromatic rings. The summed E-state index contributed by atoms with van der Waals surface area (Å²) in [5.74, 6) is 0.197. The first-order valence-corrected chi connectivity index (χ1v) is 7.86. The van der Waals surface area contributed by atoms with E-state index in [2.05, 4.69) is 35.3 Å².